The number of hydrogen-bond acceptors (Lipinski definition) is 6. The SMILES string of the molecule is COc1ccc(Br)cc1COC(=O)c1c(C)oc2ncn(C)c(=O)c12. The number of halogens is 1. The van der Waals surface area contributed by atoms with Crippen LogP contribution in [0.2, 0.25) is 0 Å². The van der Waals surface area contributed by atoms with Gasteiger partial charge in [0.25, 0.3) is 5.56 Å². The van der Waals surface area contributed by atoms with Gasteiger partial charge in [-0.2, -0.15) is 0 Å². The molecule has 0 spiro atoms. The van der Waals surface area contributed by atoms with Gasteiger partial charge in [-0.25, -0.2) is 9.78 Å². The highest BCUT2D eigenvalue weighted by atomic mass is 79.9. The third-order valence-corrected chi connectivity index (χ3v) is 4.25. The molecule has 7 nitrogen and oxygen atoms in total. The van der Waals surface area contributed by atoms with E-state index < -0.39 is 5.97 Å². The maximum absolute atomic E-state index is 12.6. The van der Waals surface area contributed by atoms with Crippen LogP contribution in [0.1, 0.15) is 21.7 Å². The lowest BCUT2D eigenvalue weighted by molar-refractivity contribution is 0.0470. The van der Waals surface area contributed by atoms with Gasteiger partial charge in [-0.1, -0.05) is 15.9 Å². The van der Waals surface area contributed by atoms with Crippen molar-refractivity contribution in [2.75, 3.05) is 7.11 Å². The van der Waals surface area contributed by atoms with Gasteiger partial charge in [-0.05, 0) is 25.1 Å². The maximum atomic E-state index is 12.6. The molecule has 0 aliphatic rings. The van der Waals surface area contributed by atoms with E-state index >= 15 is 0 Å². The molecule has 2 aromatic heterocycles. The smallest absolute Gasteiger partial charge is 0.342 e. The van der Waals surface area contributed by atoms with Gasteiger partial charge in [0.2, 0.25) is 5.71 Å². The van der Waals surface area contributed by atoms with Crippen LogP contribution >= 0.6 is 15.9 Å². The molecule has 0 saturated carbocycles. The summed E-state index contributed by atoms with van der Waals surface area (Å²) in [6.45, 7) is 1.59. The number of benzene rings is 1. The highest BCUT2D eigenvalue weighted by Gasteiger charge is 2.24. The van der Waals surface area contributed by atoms with Gasteiger partial charge in [0.1, 0.15) is 35.4 Å². The number of carbonyl (C=O) groups excluding carboxylic acids is 1. The van der Waals surface area contributed by atoms with Crippen LogP contribution in [-0.2, 0) is 18.4 Å². The molecule has 0 saturated heterocycles. The van der Waals surface area contributed by atoms with Crippen molar-refractivity contribution < 1.29 is 18.7 Å². The minimum atomic E-state index is -0.650. The average Bonchev–Trinajstić information content (AvgIpc) is 2.93. The number of aromatic nitrogens is 2. The lowest BCUT2D eigenvalue weighted by atomic mass is 10.2. The molecule has 3 aromatic rings. The normalized spacial score (nSPS) is 10.9. The summed E-state index contributed by atoms with van der Waals surface area (Å²) >= 11 is 3.37. The molecule has 130 valence electrons. The maximum Gasteiger partial charge on any atom is 0.342 e. The monoisotopic (exact) mass is 406 g/mol. The zero-order valence-corrected chi connectivity index (χ0v) is 15.4. The van der Waals surface area contributed by atoms with Crippen molar-refractivity contribution in [2.45, 2.75) is 13.5 Å². The summed E-state index contributed by atoms with van der Waals surface area (Å²) in [6, 6.07) is 5.39. The Morgan fingerprint density at radius 3 is 2.88 bits per heavy atom. The second-order valence-corrected chi connectivity index (χ2v) is 6.32. The number of hydrogen-bond donors (Lipinski definition) is 0. The Bertz CT molecular complexity index is 1020. The molecule has 0 atom stereocenters. The van der Waals surface area contributed by atoms with Crippen LogP contribution < -0.4 is 10.3 Å². The summed E-state index contributed by atoms with van der Waals surface area (Å²) in [7, 11) is 3.09. The van der Waals surface area contributed by atoms with Crippen molar-refractivity contribution in [2.24, 2.45) is 7.05 Å². The summed E-state index contributed by atoms with van der Waals surface area (Å²) in [5.41, 5.74) is 0.542. The summed E-state index contributed by atoms with van der Waals surface area (Å²) in [5, 5.41) is 0.119. The number of carbonyl (C=O) groups is 1. The number of aryl methyl sites for hydroxylation is 2. The predicted molar refractivity (Wildman–Crippen MR) is 93.8 cm³/mol. The Morgan fingerprint density at radius 2 is 2.16 bits per heavy atom. The van der Waals surface area contributed by atoms with Gasteiger partial charge in [0, 0.05) is 17.1 Å². The summed E-state index contributed by atoms with van der Waals surface area (Å²) in [4.78, 5) is 28.9. The molecular weight excluding hydrogens is 392 g/mol. The van der Waals surface area contributed by atoms with Crippen LogP contribution in [0.5, 0.6) is 5.75 Å². The van der Waals surface area contributed by atoms with Gasteiger partial charge in [-0.15, -0.1) is 0 Å². The number of methoxy groups -OCH3 is 1. The molecule has 25 heavy (non-hydrogen) atoms. The molecule has 0 bridgehead atoms. The van der Waals surface area contributed by atoms with Gasteiger partial charge >= 0.3 is 5.97 Å². The molecule has 0 unspecified atom stereocenters. The van der Waals surface area contributed by atoms with Crippen molar-refractivity contribution in [3.63, 3.8) is 0 Å². The molecule has 3 rings (SSSR count). The van der Waals surface area contributed by atoms with Gasteiger partial charge in [0.15, 0.2) is 0 Å². The van der Waals surface area contributed by atoms with Crippen LogP contribution in [0.3, 0.4) is 0 Å². The van der Waals surface area contributed by atoms with Crippen LogP contribution in [0.15, 0.2) is 38.2 Å². The van der Waals surface area contributed by atoms with Crippen LogP contribution in [0, 0.1) is 6.92 Å². The van der Waals surface area contributed by atoms with Crippen LogP contribution in [0.4, 0.5) is 0 Å². The number of esters is 1. The highest BCUT2D eigenvalue weighted by Crippen LogP contribution is 2.26. The van der Waals surface area contributed by atoms with E-state index in [-0.39, 0.29) is 34.6 Å². The van der Waals surface area contributed by atoms with Crippen molar-refractivity contribution >= 4 is 33.0 Å². The minimum absolute atomic E-state index is 0.00582. The fraction of sp³-hybridized carbons (Fsp3) is 0.235. The van der Waals surface area contributed by atoms with Crippen molar-refractivity contribution in [1.29, 1.82) is 0 Å². The van der Waals surface area contributed by atoms with Crippen LogP contribution in [-0.4, -0.2) is 22.6 Å². The number of nitrogens with zero attached hydrogens (tertiary/aromatic N) is 2. The van der Waals surface area contributed by atoms with E-state index in [0.29, 0.717) is 11.3 Å². The molecular formula is C17H15BrN2O5. The van der Waals surface area contributed by atoms with Crippen molar-refractivity contribution in [1.82, 2.24) is 9.55 Å². The lowest BCUT2D eigenvalue weighted by Crippen LogP contribution is -2.19. The predicted octanol–water partition coefficient (Wildman–Crippen LogP) is 2.96. The lowest BCUT2D eigenvalue weighted by Gasteiger charge is -2.09. The molecule has 0 fully saturated rings. The Morgan fingerprint density at radius 1 is 1.40 bits per heavy atom. The van der Waals surface area contributed by atoms with E-state index in [9.17, 15) is 9.59 Å². The molecule has 0 amide bonds. The van der Waals surface area contributed by atoms with E-state index in [1.807, 2.05) is 6.07 Å². The molecule has 1 aromatic carbocycles. The number of furan rings is 1. The number of fused-ring (bicyclic) bond motifs is 1. The number of rotatable bonds is 4. The third kappa shape index (κ3) is 3.17. The fourth-order valence-electron chi connectivity index (χ4n) is 2.51. The molecule has 8 heteroatoms. The Hall–Kier alpha value is -2.61. The number of ether oxygens (including phenoxy) is 2. The third-order valence-electron chi connectivity index (χ3n) is 3.75. The Kier molecular flexibility index (Phi) is 4.63. The first-order chi connectivity index (χ1) is 11.9. The first kappa shape index (κ1) is 17.2. The largest absolute Gasteiger partial charge is 0.496 e. The van der Waals surface area contributed by atoms with Gasteiger partial charge < -0.3 is 18.5 Å². The van der Waals surface area contributed by atoms with Crippen molar-refractivity contribution in [3.05, 3.63) is 56.2 Å². The summed E-state index contributed by atoms with van der Waals surface area (Å²) in [6.07, 6.45) is 1.34. The zero-order valence-electron chi connectivity index (χ0n) is 13.8. The van der Waals surface area contributed by atoms with E-state index in [1.54, 1.807) is 26.1 Å². The Balaban J connectivity index is 1.94. The molecule has 0 N–H and O–H groups in total. The van der Waals surface area contributed by atoms with Gasteiger partial charge in [-0.3, -0.25) is 4.79 Å². The first-order valence-corrected chi connectivity index (χ1v) is 8.16. The second-order valence-electron chi connectivity index (χ2n) is 5.41. The van der Waals surface area contributed by atoms with E-state index in [4.69, 9.17) is 13.9 Å². The molecule has 2 heterocycles. The minimum Gasteiger partial charge on any atom is -0.496 e. The molecule has 0 aliphatic heterocycles. The van der Waals surface area contributed by atoms with E-state index in [2.05, 4.69) is 20.9 Å². The second kappa shape index (κ2) is 6.72. The topological polar surface area (TPSA) is 83.6 Å². The fourth-order valence-corrected chi connectivity index (χ4v) is 2.92. The average molecular weight is 407 g/mol. The van der Waals surface area contributed by atoms with E-state index in [0.717, 1.165) is 4.47 Å². The molecule has 0 radical (unpaired) electrons. The van der Waals surface area contributed by atoms with Crippen molar-refractivity contribution in [3.8, 4) is 5.75 Å². The standard InChI is InChI=1S/C17H15BrN2O5/c1-9-13(14-15(25-9)19-8-20(2)16(14)21)17(22)24-7-10-6-11(18)4-5-12(10)23-3/h4-6,8H,7H2,1-3H3. The highest BCUT2D eigenvalue weighted by molar-refractivity contribution is 9.10. The quantitative estimate of drug-likeness (QED) is 0.619. The van der Waals surface area contributed by atoms with E-state index in [1.165, 1.54) is 18.0 Å². The zero-order chi connectivity index (χ0) is 18.1. The first-order valence-electron chi connectivity index (χ1n) is 7.36. The Labute approximate surface area is 151 Å². The summed E-state index contributed by atoms with van der Waals surface area (Å²) < 4.78 is 18.2. The molecule has 0 aliphatic carbocycles. The van der Waals surface area contributed by atoms with Gasteiger partial charge in [0.05, 0.1) is 7.11 Å². The van der Waals surface area contributed by atoms with Crippen LogP contribution in [0.25, 0.3) is 11.1 Å². The summed E-state index contributed by atoms with van der Waals surface area (Å²) in [5.74, 6) is 0.239.